The summed E-state index contributed by atoms with van der Waals surface area (Å²) in [5.41, 5.74) is 23.0. The molecule has 1 spiro atoms. The second-order valence-electron chi connectivity index (χ2n) is 22.3. The number of nitrogens with zero attached hydrogens (tertiary/aromatic N) is 1. The van der Waals surface area contributed by atoms with Crippen molar-refractivity contribution < 1.29 is 4.74 Å². The van der Waals surface area contributed by atoms with E-state index < -0.39 is 10.8 Å². The Morgan fingerprint density at radius 1 is 0.303 bits per heavy atom. The van der Waals surface area contributed by atoms with Crippen molar-refractivity contribution >= 4 is 17.1 Å². The van der Waals surface area contributed by atoms with Crippen LogP contribution in [0.3, 0.4) is 0 Å². The summed E-state index contributed by atoms with van der Waals surface area (Å²) in [6, 6.07) is 90.1. The molecular weight excluding hydrogens is 919 g/mol. The van der Waals surface area contributed by atoms with E-state index in [4.69, 9.17) is 4.74 Å². The van der Waals surface area contributed by atoms with Gasteiger partial charge in [-0.1, -0.05) is 227 Å². The number of hydrogen-bond acceptors (Lipinski definition) is 2. The maximum absolute atomic E-state index is 7.19. The lowest BCUT2D eigenvalue weighted by atomic mass is 9.64. The second-order valence-corrected chi connectivity index (χ2v) is 22.3. The smallest absolute Gasteiger partial charge is 0.132 e. The predicted molar refractivity (Wildman–Crippen MR) is 313 cm³/mol. The van der Waals surface area contributed by atoms with Crippen molar-refractivity contribution in [2.24, 2.45) is 0 Å². The van der Waals surface area contributed by atoms with Crippen LogP contribution in [0.1, 0.15) is 132 Å². The number of anilines is 3. The Bertz CT molecular complexity index is 3700. The standard InChI is InChI=1S/C74H61NO/c1-6-20-50(21-7-1)53-34-38-58(39-35-53)75(59-40-42-63-61-30-16-18-32-65(61)73(67(63)48-59,56-26-12-4-13-27-56)57-28-14-5-15-29-57)60-41-43-64-62-31-17-19-33-66(62)74(68(64)49-60)69-46-54(51-22-8-2-9-23-51)36-44-71(69)76-72-45-37-55(47-70(72)74)52-24-10-3-11-25-52/h1,4-7,12-21,26-49,51-52H,2-3,8-11,22-25H2. The molecule has 0 amide bonds. The highest BCUT2D eigenvalue weighted by Crippen LogP contribution is 2.64. The first-order valence-electron chi connectivity index (χ1n) is 28.2. The van der Waals surface area contributed by atoms with Gasteiger partial charge in [-0.05, 0) is 164 Å². The molecule has 0 bridgehead atoms. The first-order valence-corrected chi connectivity index (χ1v) is 28.2. The van der Waals surface area contributed by atoms with Crippen LogP contribution in [0.5, 0.6) is 11.5 Å². The Morgan fingerprint density at radius 3 is 1.22 bits per heavy atom. The van der Waals surface area contributed by atoms with Crippen LogP contribution in [0.4, 0.5) is 17.1 Å². The van der Waals surface area contributed by atoms with Crippen molar-refractivity contribution in [1.29, 1.82) is 0 Å². The van der Waals surface area contributed by atoms with Crippen molar-refractivity contribution in [2.75, 3.05) is 4.90 Å². The van der Waals surface area contributed by atoms with Crippen LogP contribution in [-0.4, -0.2) is 0 Å². The molecular formula is C74H61NO. The molecule has 1 aliphatic heterocycles. The van der Waals surface area contributed by atoms with E-state index in [0.717, 1.165) is 28.6 Å². The van der Waals surface area contributed by atoms with Gasteiger partial charge in [-0.25, -0.2) is 0 Å². The van der Waals surface area contributed by atoms with Gasteiger partial charge in [0.25, 0.3) is 0 Å². The largest absolute Gasteiger partial charge is 0.457 e. The Hall–Kier alpha value is -8.20. The third-order valence-electron chi connectivity index (χ3n) is 18.4. The zero-order chi connectivity index (χ0) is 50.2. The molecule has 5 aliphatic rings. The summed E-state index contributed by atoms with van der Waals surface area (Å²) in [6.45, 7) is 0. The van der Waals surface area contributed by atoms with E-state index in [9.17, 15) is 0 Å². The SMILES string of the molecule is c1ccc(-c2ccc(N(c3ccc4c(c3)C(c3ccccc3)(c3ccccc3)c3ccccc3-4)c3ccc4c(c3)C3(c5cc(C6CCCCC6)ccc5Oc5ccc(C6CCCCC6)cc53)c3ccccc3-4)cc2)cc1. The van der Waals surface area contributed by atoms with Gasteiger partial charge >= 0.3 is 0 Å². The number of hydrogen-bond donors (Lipinski definition) is 0. The number of fused-ring (bicyclic) bond motifs is 12. The Kier molecular flexibility index (Phi) is 10.9. The fourth-order valence-corrected chi connectivity index (χ4v) is 14.9. The maximum Gasteiger partial charge on any atom is 0.132 e. The Balaban J connectivity index is 0.990. The maximum atomic E-state index is 7.19. The highest BCUT2D eigenvalue weighted by molar-refractivity contribution is 5.93. The fraction of sp³-hybridized carbons (Fsp3) is 0.189. The van der Waals surface area contributed by atoms with Gasteiger partial charge in [-0.3, -0.25) is 0 Å². The van der Waals surface area contributed by atoms with Crippen molar-refractivity contribution in [3.63, 3.8) is 0 Å². The minimum atomic E-state index is -0.613. The summed E-state index contributed by atoms with van der Waals surface area (Å²) in [5, 5.41) is 0. The molecule has 2 saturated carbocycles. The predicted octanol–water partition coefficient (Wildman–Crippen LogP) is 19.8. The summed E-state index contributed by atoms with van der Waals surface area (Å²) in [7, 11) is 0. The van der Waals surface area contributed by atoms with Gasteiger partial charge in [0.1, 0.15) is 11.5 Å². The molecule has 1 heterocycles. The molecule has 2 heteroatoms. The minimum Gasteiger partial charge on any atom is -0.457 e. The van der Waals surface area contributed by atoms with Crippen molar-refractivity contribution in [3.8, 4) is 44.9 Å². The summed E-state index contributed by atoms with van der Waals surface area (Å²) in [4.78, 5) is 2.54. The average Bonchev–Trinajstić information content (AvgIpc) is 4.18. The van der Waals surface area contributed by atoms with Crippen molar-refractivity contribution in [2.45, 2.75) is 86.9 Å². The summed E-state index contributed by atoms with van der Waals surface area (Å²) >= 11 is 0. The lowest BCUT2D eigenvalue weighted by Gasteiger charge is -2.41. The van der Waals surface area contributed by atoms with E-state index >= 15 is 0 Å². The van der Waals surface area contributed by atoms with Crippen LogP contribution in [0.15, 0.2) is 237 Å². The van der Waals surface area contributed by atoms with Gasteiger partial charge in [-0.2, -0.15) is 0 Å². The van der Waals surface area contributed by atoms with Crippen LogP contribution in [0.25, 0.3) is 33.4 Å². The van der Waals surface area contributed by atoms with Crippen LogP contribution in [-0.2, 0) is 10.8 Å². The van der Waals surface area contributed by atoms with E-state index in [2.05, 4.69) is 241 Å². The van der Waals surface area contributed by atoms with Gasteiger partial charge < -0.3 is 9.64 Å². The monoisotopic (exact) mass is 979 g/mol. The highest BCUT2D eigenvalue weighted by Gasteiger charge is 2.52. The lowest BCUT2D eigenvalue weighted by molar-refractivity contribution is 0.424. The molecule has 0 atom stereocenters. The highest BCUT2D eigenvalue weighted by atomic mass is 16.5. The van der Waals surface area contributed by atoms with Gasteiger partial charge in [-0.15, -0.1) is 0 Å². The molecule has 76 heavy (non-hydrogen) atoms. The molecule has 2 nitrogen and oxygen atoms in total. The van der Waals surface area contributed by atoms with Crippen molar-refractivity contribution in [1.82, 2.24) is 0 Å². The molecule has 4 aliphatic carbocycles. The zero-order valence-electron chi connectivity index (χ0n) is 43.1. The minimum absolute atomic E-state index is 0.543. The van der Waals surface area contributed by atoms with Gasteiger partial charge in [0.05, 0.1) is 10.8 Å². The fourth-order valence-electron chi connectivity index (χ4n) is 14.9. The van der Waals surface area contributed by atoms with E-state index in [-0.39, 0.29) is 0 Å². The van der Waals surface area contributed by atoms with Crippen LogP contribution >= 0.6 is 0 Å². The molecule has 0 aromatic heterocycles. The third kappa shape index (κ3) is 6.92. The number of benzene rings is 10. The summed E-state index contributed by atoms with van der Waals surface area (Å²) < 4.78 is 7.19. The quantitative estimate of drug-likeness (QED) is 0.150. The van der Waals surface area contributed by atoms with E-state index in [1.165, 1.54) is 153 Å². The number of ether oxygens (including phenoxy) is 1. The molecule has 15 rings (SSSR count). The summed E-state index contributed by atoms with van der Waals surface area (Å²) in [6.07, 6.45) is 12.8. The van der Waals surface area contributed by atoms with Gasteiger partial charge in [0, 0.05) is 28.2 Å². The average molecular weight is 980 g/mol. The molecule has 0 N–H and O–H groups in total. The van der Waals surface area contributed by atoms with E-state index in [1.54, 1.807) is 0 Å². The van der Waals surface area contributed by atoms with E-state index in [0.29, 0.717) is 11.8 Å². The van der Waals surface area contributed by atoms with Gasteiger partial charge in [0.2, 0.25) is 0 Å². The summed E-state index contributed by atoms with van der Waals surface area (Å²) in [5.74, 6) is 3.03. The first kappa shape index (κ1) is 45.2. The topological polar surface area (TPSA) is 12.5 Å². The lowest BCUT2D eigenvalue weighted by Crippen LogP contribution is -2.33. The second kappa shape index (κ2) is 18.3. The molecule has 2 fully saturated rings. The molecule has 10 aromatic carbocycles. The molecule has 0 saturated heterocycles. The molecule has 10 aromatic rings. The Labute approximate surface area is 448 Å². The van der Waals surface area contributed by atoms with Crippen molar-refractivity contribution in [3.05, 3.63) is 292 Å². The molecule has 368 valence electrons. The molecule has 0 unspecified atom stereocenters. The van der Waals surface area contributed by atoms with Crippen LogP contribution in [0.2, 0.25) is 0 Å². The van der Waals surface area contributed by atoms with E-state index in [1.807, 2.05) is 0 Å². The van der Waals surface area contributed by atoms with Crippen LogP contribution in [0, 0.1) is 0 Å². The normalized spacial score (nSPS) is 16.6. The van der Waals surface area contributed by atoms with Gasteiger partial charge in [0.15, 0.2) is 0 Å². The Morgan fingerprint density at radius 2 is 0.711 bits per heavy atom. The van der Waals surface area contributed by atoms with Crippen LogP contribution < -0.4 is 9.64 Å². The number of rotatable bonds is 8. The molecule has 0 radical (unpaired) electrons. The third-order valence-corrected chi connectivity index (χ3v) is 18.4. The first-order chi connectivity index (χ1) is 37.7. The zero-order valence-corrected chi connectivity index (χ0v) is 43.1.